The number of thioether (sulfide) groups is 1. The molecule has 0 aliphatic heterocycles. The molecule has 1 aromatic heterocycles. The molecule has 0 bridgehead atoms. The normalized spacial score (nSPS) is 13.8. The summed E-state index contributed by atoms with van der Waals surface area (Å²) in [6.07, 6.45) is 2.40. The van der Waals surface area contributed by atoms with Gasteiger partial charge in [-0.1, -0.05) is 33.3 Å². The van der Waals surface area contributed by atoms with Gasteiger partial charge in [-0.2, -0.15) is 0 Å². The van der Waals surface area contributed by atoms with Crippen molar-refractivity contribution in [3.05, 3.63) is 35.4 Å². The van der Waals surface area contributed by atoms with E-state index in [0.717, 1.165) is 23.2 Å². The van der Waals surface area contributed by atoms with E-state index in [-0.39, 0.29) is 10.6 Å². The number of halogens is 1. The van der Waals surface area contributed by atoms with Crippen LogP contribution < -0.4 is 5.32 Å². The fourth-order valence-electron chi connectivity index (χ4n) is 2.46. The average molecular weight is 375 g/mol. The highest BCUT2D eigenvalue weighted by Gasteiger charge is 2.18. The summed E-state index contributed by atoms with van der Waals surface area (Å²) in [5, 5.41) is 4.09. The highest BCUT2D eigenvalue weighted by atomic mass is 32.2. The van der Waals surface area contributed by atoms with Gasteiger partial charge in [0.15, 0.2) is 0 Å². The van der Waals surface area contributed by atoms with Gasteiger partial charge >= 0.3 is 0 Å². The molecule has 0 unspecified atom stereocenters. The van der Waals surface area contributed by atoms with Gasteiger partial charge in [0, 0.05) is 28.1 Å². The van der Waals surface area contributed by atoms with E-state index in [9.17, 15) is 4.39 Å². The Kier molecular flexibility index (Phi) is 6.39. The Bertz CT molecular complexity index is 866. The first-order valence-corrected chi connectivity index (χ1v) is 9.51. The van der Waals surface area contributed by atoms with Crippen molar-refractivity contribution in [3.63, 3.8) is 0 Å². The molecule has 0 atom stereocenters. The molecule has 2 rings (SSSR count). The van der Waals surface area contributed by atoms with Crippen molar-refractivity contribution >= 4 is 34.3 Å². The first-order valence-electron chi connectivity index (χ1n) is 8.70. The maximum absolute atomic E-state index is 14.5. The van der Waals surface area contributed by atoms with E-state index in [1.807, 2.05) is 13.0 Å². The maximum atomic E-state index is 14.5. The lowest BCUT2D eigenvalue weighted by atomic mass is 10.1. The van der Waals surface area contributed by atoms with Crippen LogP contribution in [0.25, 0.3) is 10.9 Å². The van der Waals surface area contributed by atoms with Gasteiger partial charge in [0.05, 0.1) is 5.52 Å². The minimum absolute atomic E-state index is 0.0919. The van der Waals surface area contributed by atoms with Crippen molar-refractivity contribution in [2.45, 2.75) is 57.6 Å². The molecule has 0 saturated carbocycles. The van der Waals surface area contributed by atoms with Crippen LogP contribution in [-0.4, -0.2) is 27.6 Å². The molecule has 4 nitrogen and oxygen atoms in total. The van der Waals surface area contributed by atoms with Crippen LogP contribution in [0.15, 0.2) is 39.5 Å². The molecule has 0 aliphatic rings. The van der Waals surface area contributed by atoms with Gasteiger partial charge in [-0.3, -0.25) is 4.99 Å². The lowest BCUT2D eigenvalue weighted by Gasteiger charge is -2.19. The van der Waals surface area contributed by atoms with Crippen molar-refractivity contribution < 1.29 is 4.39 Å². The molecule has 0 amide bonds. The molecule has 1 aromatic carbocycles. The van der Waals surface area contributed by atoms with Gasteiger partial charge in [-0.15, -0.1) is 11.8 Å². The fraction of sp³-hybridized carbons (Fsp3) is 0.450. The number of nitrogens with one attached hydrogen (secondary N) is 1. The lowest BCUT2D eigenvalue weighted by Crippen LogP contribution is -2.16. The average Bonchev–Trinajstić information content (AvgIpc) is 2.58. The van der Waals surface area contributed by atoms with E-state index in [2.05, 4.69) is 54.9 Å². The van der Waals surface area contributed by atoms with Crippen molar-refractivity contribution in [2.75, 3.05) is 12.4 Å². The third-order valence-electron chi connectivity index (χ3n) is 4.09. The fourth-order valence-corrected chi connectivity index (χ4v) is 3.46. The van der Waals surface area contributed by atoms with Crippen LogP contribution in [0.1, 0.15) is 48.0 Å². The molecule has 2 aromatic rings. The predicted octanol–water partition coefficient (Wildman–Crippen LogP) is 5.85. The number of benzene rings is 1. The van der Waals surface area contributed by atoms with Crippen LogP contribution in [0.2, 0.25) is 0 Å². The van der Waals surface area contributed by atoms with Gasteiger partial charge in [0.25, 0.3) is 0 Å². The molecule has 140 valence electrons. The topological polar surface area (TPSA) is 50.2 Å². The monoisotopic (exact) mass is 374 g/mol. The molecule has 0 aliphatic carbocycles. The maximum Gasteiger partial charge on any atom is 0.142 e. The number of aliphatic imine (C=N–C) groups is 1. The first-order chi connectivity index (χ1) is 12.2. The highest BCUT2D eigenvalue weighted by molar-refractivity contribution is 8.00. The molecule has 1 heterocycles. The third-order valence-corrected chi connectivity index (χ3v) is 5.24. The Morgan fingerprint density at radius 2 is 1.92 bits per heavy atom. The highest BCUT2D eigenvalue weighted by Crippen LogP contribution is 2.36. The zero-order chi connectivity index (χ0) is 19.5. The summed E-state index contributed by atoms with van der Waals surface area (Å²) in [7, 11) is 1.75. The van der Waals surface area contributed by atoms with Crippen LogP contribution in [0, 0.1) is 5.82 Å². The number of hydrogen-bond acceptors (Lipinski definition) is 4. The summed E-state index contributed by atoms with van der Waals surface area (Å²) in [6.45, 7) is 12.4. The molecular formula is C20H27FN4S. The Morgan fingerprint density at radius 3 is 2.50 bits per heavy atom. The van der Waals surface area contributed by atoms with Gasteiger partial charge in [-0.05, 0) is 31.9 Å². The first kappa shape index (κ1) is 20.4. The van der Waals surface area contributed by atoms with Crippen molar-refractivity contribution in [1.29, 1.82) is 0 Å². The standard InChI is InChI=1S/C20H27FN4S/c1-8-12(2)13(3)18(22-7)25-19-14-9-17(26-20(4,5)6)15(21)10-16(14)23-11-24-19/h9-11H,8H2,1-7H3,(H,22,23,24,25)/b13-12-. The molecule has 1 N–H and O–H groups in total. The quantitative estimate of drug-likeness (QED) is 0.414. The van der Waals surface area contributed by atoms with E-state index in [1.54, 1.807) is 7.05 Å². The zero-order valence-corrected chi connectivity index (χ0v) is 17.4. The zero-order valence-electron chi connectivity index (χ0n) is 16.6. The van der Waals surface area contributed by atoms with E-state index in [1.165, 1.54) is 29.7 Å². The van der Waals surface area contributed by atoms with Crippen LogP contribution >= 0.6 is 11.8 Å². The smallest absolute Gasteiger partial charge is 0.142 e. The van der Waals surface area contributed by atoms with Gasteiger partial charge < -0.3 is 5.32 Å². The Morgan fingerprint density at radius 1 is 1.23 bits per heavy atom. The second kappa shape index (κ2) is 8.16. The number of fused-ring (bicyclic) bond motifs is 1. The Labute approximate surface area is 159 Å². The molecular weight excluding hydrogens is 347 g/mol. The Hall–Kier alpha value is -1.95. The number of anilines is 1. The largest absolute Gasteiger partial charge is 0.324 e. The number of amidine groups is 1. The van der Waals surface area contributed by atoms with E-state index in [0.29, 0.717) is 16.2 Å². The van der Waals surface area contributed by atoms with Crippen LogP contribution in [0.3, 0.4) is 0 Å². The summed E-state index contributed by atoms with van der Waals surface area (Å²) >= 11 is 1.49. The van der Waals surface area contributed by atoms with E-state index < -0.39 is 0 Å². The van der Waals surface area contributed by atoms with Crippen molar-refractivity contribution in [1.82, 2.24) is 9.97 Å². The van der Waals surface area contributed by atoms with Crippen molar-refractivity contribution in [3.8, 4) is 0 Å². The van der Waals surface area contributed by atoms with Gasteiger partial charge in [0.2, 0.25) is 0 Å². The van der Waals surface area contributed by atoms with Crippen LogP contribution in [-0.2, 0) is 0 Å². The Balaban J connectivity index is 2.52. The molecule has 26 heavy (non-hydrogen) atoms. The predicted molar refractivity (Wildman–Crippen MR) is 111 cm³/mol. The van der Waals surface area contributed by atoms with Crippen LogP contribution in [0.4, 0.5) is 10.2 Å². The minimum atomic E-state index is -0.260. The number of aromatic nitrogens is 2. The number of allylic oxidation sites excluding steroid dienone is 1. The van der Waals surface area contributed by atoms with Gasteiger partial charge in [0.1, 0.15) is 23.8 Å². The second-order valence-corrected chi connectivity index (χ2v) is 9.06. The molecule has 0 saturated heterocycles. The second-order valence-electron chi connectivity index (χ2n) is 7.19. The summed E-state index contributed by atoms with van der Waals surface area (Å²) in [6, 6.07) is 3.29. The molecule has 6 heteroatoms. The third kappa shape index (κ3) is 4.81. The summed E-state index contributed by atoms with van der Waals surface area (Å²) in [5.74, 6) is 1.14. The summed E-state index contributed by atoms with van der Waals surface area (Å²) < 4.78 is 14.4. The molecule has 0 fully saturated rings. The van der Waals surface area contributed by atoms with Crippen LogP contribution in [0.5, 0.6) is 0 Å². The summed E-state index contributed by atoms with van der Waals surface area (Å²) in [4.78, 5) is 13.5. The van der Waals surface area contributed by atoms with Crippen molar-refractivity contribution in [2.24, 2.45) is 4.99 Å². The van der Waals surface area contributed by atoms with Gasteiger partial charge in [-0.25, -0.2) is 14.4 Å². The summed E-state index contributed by atoms with van der Waals surface area (Å²) in [5.41, 5.74) is 2.92. The molecule has 0 radical (unpaired) electrons. The van der Waals surface area contributed by atoms with E-state index >= 15 is 0 Å². The number of nitrogens with zero attached hydrogens (tertiary/aromatic N) is 3. The number of hydrogen-bond donors (Lipinski definition) is 1. The number of rotatable bonds is 4. The minimum Gasteiger partial charge on any atom is -0.324 e. The van der Waals surface area contributed by atoms with E-state index in [4.69, 9.17) is 0 Å². The lowest BCUT2D eigenvalue weighted by molar-refractivity contribution is 0.602. The molecule has 0 spiro atoms. The SMILES string of the molecule is CC/C(C)=C(/C)C(=NC)Nc1ncnc2cc(F)c(SC(C)(C)C)cc12.